The molecule has 0 unspecified atom stereocenters. The van der Waals surface area contributed by atoms with E-state index in [2.05, 4.69) is 5.32 Å². The molecule has 2 aromatic carbocycles. The Bertz CT molecular complexity index is 1230. The van der Waals surface area contributed by atoms with Gasteiger partial charge in [0.2, 0.25) is 21.8 Å². The Hall–Kier alpha value is -2.29. The molecule has 2 amide bonds. The third-order valence-electron chi connectivity index (χ3n) is 7.02. The summed E-state index contributed by atoms with van der Waals surface area (Å²) in [6, 6.07) is 11.8. The van der Waals surface area contributed by atoms with Crippen molar-refractivity contribution in [3.8, 4) is 0 Å². The summed E-state index contributed by atoms with van der Waals surface area (Å²) in [4.78, 5) is 28.2. The smallest absolute Gasteiger partial charge is 0.242 e. The van der Waals surface area contributed by atoms with Crippen LogP contribution >= 0.6 is 23.2 Å². The summed E-state index contributed by atoms with van der Waals surface area (Å²) in [6.45, 7) is 3.83. The molecule has 1 atom stereocenters. The number of nitrogens with zero attached hydrogens (tertiary/aromatic N) is 2. The van der Waals surface area contributed by atoms with Crippen molar-refractivity contribution < 1.29 is 18.0 Å². The monoisotopic (exact) mass is 581 g/mol. The SMILES string of the molecule is Cc1c(Cl)cccc1N(CCCC(=O)N(Cc1cccc(Cl)c1)[C@H](C)C(=O)NC1CCCCC1)S(C)(=O)=O. The predicted molar refractivity (Wildman–Crippen MR) is 154 cm³/mol. The fraction of sp³-hybridized carbons (Fsp3) is 0.500. The lowest BCUT2D eigenvalue weighted by Crippen LogP contribution is -2.50. The minimum absolute atomic E-state index is 0.0766. The fourth-order valence-corrected chi connectivity index (χ4v) is 6.23. The van der Waals surface area contributed by atoms with Gasteiger partial charge in [0, 0.05) is 35.6 Å². The van der Waals surface area contributed by atoms with E-state index in [4.69, 9.17) is 23.2 Å². The minimum Gasteiger partial charge on any atom is -0.352 e. The molecule has 10 heteroatoms. The van der Waals surface area contributed by atoms with Gasteiger partial charge in [-0.05, 0) is 68.5 Å². The minimum atomic E-state index is -3.60. The number of halogens is 2. The van der Waals surface area contributed by atoms with Crippen molar-refractivity contribution in [3.05, 3.63) is 63.6 Å². The zero-order valence-corrected chi connectivity index (χ0v) is 24.6. The molecule has 0 aliphatic heterocycles. The Morgan fingerprint density at radius 3 is 2.42 bits per heavy atom. The van der Waals surface area contributed by atoms with E-state index in [0.717, 1.165) is 37.5 Å². The number of hydrogen-bond donors (Lipinski definition) is 1. The van der Waals surface area contributed by atoms with E-state index in [1.807, 2.05) is 12.1 Å². The molecule has 1 aliphatic rings. The highest BCUT2D eigenvalue weighted by Crippen LogP contribution is 2.28. The second-order valence-electron chi connectivity index (χ2n) is 9.99. The molecule has 1 fully saturated rings. The second-order valence-corrected chi connectivity index (χ2v) is 12.7. The molecule has 0 aromatic heterocycles. The van der Waals surface area contributed by atoms with Crippen LogP contribution in [0.25, 0.3) is 0 Å². The quantitative estimate of drug-likeness (QED) is 0.368. The number of carbonyl (C=O) groups is 2. The van der Waals surface area contributed by atoms with Gasteiger partial charge in [0.15, 0.2) is 0 Å². The molecule has 2 aromatic rings. The van der Waals surface area contributed by atoms with Crippen molar-refractivity contribution >= 4 is 50.7 Å². The third kappa shape index (κ3) is 8.35. The van der Waals surface area contributed by atoms with E-state index in [1.165, 1.54) is 10.7 Å². The van der Waals surface area contributed by atoms with E-state index in [0.29, 0.717) is 21.3 Å². The maximum atomic E-state index is 13.5. The molecule has 0 saturated heterocycles. The van der Waals surface area contributed by atoms with E-state index in [-0.39, 0.29) is 43.8 Å². The predicted octanol–water partition coefficient (Wildman–Crippen LogP) is 5.71. The van der Waals surface area contributed by atoms with Gasteiger partial charge in [-0.15, -0.1) is 0 Å². The van der Waals surface area contributed by atoms with Crippen LogP contribution in [0.2, 0.25) is 10.0 Å². The lowest BCUT2D eigenvalue weighted by Gasteiger charge is -2.31. The average molecular weight is 583 g/mol. The zero-order chi connectivity index (χ0) is 27.9. The van der Waals surface area contributed by atoms with Crippen molar-refractivity contribution in [2.75, 3.05) is 17.1 Å². The van der Waals surface area contributed by atoms with Crippen molar-refractivity contribution in [3.63, 3.8) is 0 Å². The zero-order valence-electron chi connectivity index (χ0n) is 22.3. The van der Waals surface area contributed by atoms with Crippen LogP contribution in [0.3, 0.4) is 0 Å². The maximum absolute atomic E-state index is 13.5. The molecule has 0 heterocycles. The van der Waals surface area contributed by atoms with E-state index >= 15 is 0 Å². The summed E-state index contributed by atoms with van der Waals surface area (Å²) in [7, 11) is -3.60. The van der Waals surface area contributed by atoms with Gasteiger partial charge in [-0.1, -0.05) is 60.7 Å². The van der Waals surface area contributed by atoms with Gasteiger partial charge in [-0.25, -0.2) is 8.42 Å². The van der Waals surface area contributed by atoms with Crippen LogP contribution < -0.4 is 9.62 Å². The second kappa shape index (κ2) is 13.7. The summed E-state index contributed by atoms with van der Waals surface area (Å²) in [5.74, 6) is -0.410. The molecule has 1 saturated carbocycles. The van der Waals surface area contributed by atoms with Gasteiger partial charge in [-0.2, -0.15) is 0 Å². The van der Waals surface area contributed by atoms with E-state index < -0.39 is 16.1 Å². The Morgan fingerprint density at radius 1 is 1.08 bits per heavy atom. The Labute approximate surface area is 236 Å². The van der Waals surface area contributed by atoms with Crippen molar-refractivity contribution in [2.24, 2.45) is 0 Å². The number of anilines is 1. The van der Waals surface area contributed by atoms with Crippen LogP contribution in [0, 0.1) is 6.92 Å². The topological polar surface area (TPSA) is 86.8 Å². The van der Waals surface area contributed by atoms with Gasteiger partial charge < -0.3 is 10.2 Å². The molecular formula is C28H37Cl2N3O4S. The summed E-state index contributed by atoms with van der Waals surface area (Å²) < 4.78 is 26.5. The molecule has 1 aliphatic carbocycles. The van der Waals surface area contributed by atoms with Crippen LogP contribution in [0.15, 0.2) is 42.5 Å². The largest absolute Gasteiger partial charge is 0.352 e. The van der Waals surface area contributed by atoms with Gasteiger partial charge >= 0.3 is 0 Å². The first-order chi connectivity index (χ1) is 18.0. The number of amides is 2. The van der Waals surface area contributed by atoms with Crippen LogP contribution in [0.5, 0.6) is 0 Å². The van der Waals surface area contributed by atoms with E-state index in [1.54, 1.807) is 49.1 Å². The summed E-state index contributed by atoms with van der Waals surface area (Å²) in [5, 5.41) is 4.14. The van der Waals surface area contributed by atoms with E-state index in [9.17, 15) is 18.0 Å². The number of rotatable bonds is 11. The molecule has 0 bridgehead atoms. The highest BCUT2D eigenvalue weighted by molar-refractivity contribution is 7.92. The lowest BCUT2D eigenvalue weighted by atomic mass is 9.95. The molecule has 7 nitrogen and oxygen atoms in total. The molecule has 0 radical (unpaired) electrons. The van der Waals surface area contributed by atoms with Gasteiger partial charge in [-0.3, -0.25) is 13.9 Å². The standard InChI is InChI=1S/C28H37Cl2N3O4S/c1-20-25(30)14-8-15-26(20)33(38(3,36)37)17-9-16-27(34)32(19-22-10-7-11-23(29)18-22)21(2)28(35)31-24-12-5-4-6-13-24/h7-8,10-11,14-15,18,21,24H,4-6,9,12-13,16-17,19H2,1-3H3,(H,31,35)/t21-/m1/s1. The fourth-order valence-electron chi connectivity index (χ4n) is 4.83. The number of hydrogen-bond acceptors (Lipinski definition) is 4. The van der Waals surface area contributed by atoms with Crippen molar-refractivity contribution in [1.82, 2.24) is 10.2 Å². The van der Waals surface area contributed by atoms with Crippen LogP contribution in [-0.4, -0.2) is 50.0 Å². The Morgan fingerprint density at radius 2 is 1.76 bits per heavy atom. The molecular weight excluding hydrogens is 545 g/mol. The van der Waals surface area contributed by atoms with Gasteiger partial charge in [0.1, 0.15) is 6.04 Å². The highest BCUT2D eigenvalue weighted by Gasteiger charge is 2.28. The van der Waals surface area contributed by atoms with Crippen LogP contribution in [0.1, 0.15) is 63.0 Å². The number of nitrogens with one attached hydrogen (secondary N) is 1. The Balaban J connectivity index is 1.74. The molecule has 38 heavy (non-hydrogen) atoms. The summed E-state index contributed by atoms with van der Waals surface area (Å²) >= 11 is 12.4. The molecule has 1 N–H and O–H groups in total. The summed E-state index contributed by atoms with van der Waals surface area (Å²) in [5.41, 5.74) is 1.96. The van der Waals surface area contributed by atoms with Gasteiger partial charge in [0.25, 0.3) is 0 Å². The number of sulfonamides is 1. The first kappa shape index (κ1) is 30.3. The first-order valence-electron chi connectivity index (χ1n) is 13.0. The molecule has 208 valence electrons. The maximum Gasteiger partial charge on any atom is 0.242 e. The van der Waals surface area contributed by atoms with Gasteiger partial charge in [0.05, 0.1) is 11.9 Å². The number of carbonyl (C=O) groups excluding carboxylic acids is 2. The average Bonchev–Trinajstić information content (AvgIpc) is 2.86. The third-order valence-corrected chi connectivity index (χ3v) is 8.85. The normalized spacial score (nSPS) is 15.1. The van der Waals surface area contributed by atoms with Crippen molar-refractivity contribution in [1.29, 1.82) is 0 Å². The molecule has 3 rings (SSSR count). The summed E-state index contributed by atoms with van der Waals surface area (Å²) in [6.07, 6.45) is 6.75. The Kier molecular flexibility index (Phi) is 10.9. The first-order valence-corrected chi connectivity index (χ1v) is 15.6. The van der Waals surface area contributed by atoms with Crippen LogP contribution in [-0.2, 0) is 26.2 Å². The molecule has 0 spiro atoms. The highest BCUT2D eigenvalue weighted by atomic mass is 35.5. The number of benzene rings is 2. The van der Waals surface area contributed by atoms with Crippen molar-refractivity contribution in [2.45, 2.75) is 77.4 Å². The van der Waals surface area contributed by atoms with Crippen LogP contribution in [0.4, 0.5) is 5.69 Å². The lowest BCUT2D eigenvalue weighted by molar-refractivity contribution is -0.141.